The summed E-state index contributed by atoms with van der Waals surface area (Å²) in [5, 5.41) is 22.3. The number of fused-ring (bicyclic) bond motifs is 1. The summed E-state index contributed by atoms with van der Waals surface area (Å²) in [5.74, 6) is -1.92. The molecule has 0 heterocycles. The minimum Gasteiger partial charge on any atom is -0.482 e. The number of hydrogen-bond acceptors (Lipinski definition) is 4. The Morgan fingerprint density at radius 3 is 2.38 bits per heavy atom. The molecule has 0 spiro atoms. The highest BCUT2D eigenvalue weighted by Gasteiger charge is 2.12. The average Bonchev–Trinajstić information content (AvgIpc) is 2.70. The summed E-state index contributed by atoms with van der Waals surface area (Å²) in [6.07, 6.45) is 0.702. The standard InChI is InChI=1S/C22H19NO6/c24-20(23-19-4-2-1-3-18(19)22(27)28)10-6-14-5-7-16-12-17(29-13-21(25)26)9-8-15(16)11-14/h1-5,7-9,11-12H,6,10,13H2,(H,23,24)(H,25,26)(H,27,28). The van der Waals surface area contributed by atoms with Gasteiger partial charge in [-0.2, -0.15) is 0 Å². The summed E-state index contributed by atoms with van der Waals surface area (Å²) >= 11 is 0. The molecule has 3 aromatic carbocycles. The Morgan fingerprint density at radius 1 is 0.897 bits per heavy atom. The maximum absolute atomic E-state index is 12.2. The normalized spacial score (nSPS) is 10.5. The molecule has 148 valence electrons. The van der Waals surface area contributed by atoms with Gasteiger partial charge in [-0.25, -0.2) is 9.59 Å². The molecule has 0 saturated carbocycles. The molecule has 3 N–H and O–H groups in total. The van der Waals surface area contributed by atoms with Crippen molar-refractivity contribution in [1.29, 1.82) is 0 Å². The molecule has 3 aromatic rings. The zero-order valence-corrected chi connectivity index (χ0v) is 15.4. The van der Waals surface area contributed by atoms with E-state index >= 15 is 0 Å². The lowest BCUT2D eigenvalue weighted by molar-refractivity contribution is -0.139. The Hall–Kier alpha value is -3.87. The van der Waals surface area contributed by atoms with Crippen LogP contribution in [0, 0.1) is 0 Å². The fourth-order valence-corrected chi connectivity index (χ4v) is 2.91. The summed E-state index contributed by atoms with van der Waals surface area (Å²) in [7, 11) is 0. The molecule has 0 bridgehead atoms. The van der Waals surface area contributed by atoms with Crippen molar-refractivity contribution in [2.45, 2.75) is 12.8 Å². The molecule has 0 aromatic heterocycles. The second kappa shape index (κ2) is 8.88. The molecule has 0 aliphatic carbocycles. The number of rotatable bonds is 8. The van der Waals surface area contributed by atoms with E-state index in [-0.39, 0.29) is 23.6 Å². The van der Waals surface area contributed by atoms with E-state index in [4.69, 9.17) is 9.84 Å². The van der Waals surface area contributed by atoms with Crippen molar-refractivity contribution in [2.24, 2.45) is 0 Å². The molecule has 0 radical (unpaired) electrons. The van der Waals surface area contributed by atoms with Crippen LogP contribution in [0.25, 0.3) is 10.8 Å². The van der Waals surface area contributed by atoms with Crippen LogP contribution in [-0.4, -0.2) is 34.7 Å². The molecular formula is C22H19NO6. The minimum absolute atomic E-state index is 0.0486. The SMILES string of the molecule is O=C(O)COc1ccc2cc(CCC(=O)Nc3ccccc3C(=O)O)ccc2c1. The van der Waals surface area contributed by atoms with E-state index in [2.05, 4.69) is 5.32 Å². The van der Waals surface area contributed by atoms with E-state index in [9.17, 15) is 19.5 Å². The van der Waals surface area contributed by atoms with Crippen LogP contribution in [0.5, 0.6) is 5.75 Å². The number of anilines is 1. The fraction of sp³-hybridized carbons (Fsp3) is 0.136. The van der Waals surface area contributed by atoms with Crippen LogP contribution < -0.4 is 10.1 Å². The number of aromatic carboxylic acids is 1. The maximum Gasteiger partial charge on any atom is 0.341 e. The van der Waals surface area contributed by atoms with Crippen molar-refractivity contribution in [2.75, 3.05) is 11.9 Å². The second-order valence-corrected chi connectivity index (χ2v) is 6.42. The second-order valence-electron chi connectivity index (χ2n) is 6.42. The lowest BCUT2D eigenvalue weighted by atomic mass is 10.0. The van der Waals surface area contributed by atoms with Gasteiger partial charge in [0.05, 0.1) is 11.3 Å². The first-order valence-electron chi connectivity index (χ1n) is 8.92. The van der Waals surface area contributed by atoms with Gasteiger partial charge < -0.3 is 20.3 Å². The van der Waals surface area contributed by atoms with Gasteiger partial charge in [-0.3, -0.25) is 4.79 Å². The Morgan fingerprint density at radius 2 is 1.62 bits per heavy atom. The number of aliphatic carboxylic acids is 1. The average molecular weight is 393 g/mol. The molecule has 1 amide bonds. The van der Waals surface area contributed by atoms with Crippen molar-refractivity contribution < 1.29 is 29.3 Å². The van der Waals surface area contributed by atoms with Crippen LogP contribution in [0.1, 0.15) is 22.3 Å². The van der Waals surface area contributed by atoms with Gasteiger partial charge in [0.25, 0.3) is 0 Å². The predicted octanol–water partition coefficient (Wildman–Crippen LogP) is 3.57. The number of carbonyl (C=O) groups excluding carboxylic acids is 1. The highest BCUT2D eigenvalue weighted by molar-refractivity contribution is 6.00. The number of nitrogens with one attached hydrogen (secondary N) is 1. The molecule has 0 saturated heterocycles. The Balaban J connectivity index is 1.63. The van der Waals surface area contributed by atoms with Gasteiger partial charge in [-0.1, -0.05) is 36.4 Å². The van der Waals surface area contributed by atoms with E-state index in [1.54, 1.807) is 30.3 Å². The number of amides is 1. The first-order valence-corrected chi connectivity index (χ1v) is 8.92. The summed E-state index contributed by atoms with van der Waals surface area (Å²) in [6.45, 7) is -0.399. The molecular weight excluding hydrogens is 374 g/mol. The Labute approximate surface area is 166 Å². The number of carboxylic acids is 2. The van der Waals surface area contributed by atoms with Crippen LogP contribution >= 0.6 is 0 Å². The summed E-state index contributed by atoms with van der Waals surface area (Å²) in [4.78, 5) is 34.0. The van der Waals surface area contributed by atoms with E-state index < -0.39 is 18.5 Å². The Kier molecular flexibility index (Phi) is 6.09. The molecule has 29 heavy (non-hydrogen) atoms. The van der Waals surface area contributed by atoms with Crippen molar-refractivity contribution in [3.63, 3.8) is 0 Å². The van der Waals surface area contributed by atoms with Crippen molar-refractivity contribution in [3.8, 4) is 5.75 Å². The zero-order valence-electron chi connectivity index (χ0n) is 15.4. The number of carboxylic acid groups (broad SMARTS) is 2. The number of carbonyl (C=O) groups is 3. The third-order valence-electron chi connectivity index (χ3n) is 4.31. The number of para-hydroxylation sites is 1. The van der Waals surface area contributed by atoms with Crippen LogP contribution in [0.3, 0.4) is 0 Å². The first-order chi connectivity index (χ1) is 13.9. The van der Waals surface area contributed by atoms with Gasteiger partial charge in [-0.15, -0.1) is 0 Å². The third-order valence-corrected chi connectivity index (χ3v) is 4.31. The lowest BCUT2D eigenvalue weighted by Gasteiger charge is -2.09. The van der Waals surface area contributed by atoms with Crippen LogP contribution in [-0.2, 0) is 16.0 Å². The minimum atomic E-state index is -1.10. The zero-order chi connectivity index (χ0) is 20.8. The molecule has 0 unspecified atom stereocenters. The summed E-state index contributed by atoms with van der Waals surface area (Å²) in [6, 6.07) is 17.3. The van der Waals surface area contributed by atoms with Gasteiger partial charge in [0.15, 0.2) is 6.61 Å². The smallest absolute Gasteiger partial charge is 0.341 e. The number of benzene rings is 3. The van der Waals surface area contributed by atoms with Gasteiger partial charge in [0.1, 0.15) is 5.75 Å². The van der Waals surface area contributed by atoms with E-state index in [0.29, 0.717) is 12.2 Å². The molecule has 0 aliphatic heterocycles. The first kappa shape index (κ1) is 19.9. The van der Waals surface area contributed by atoms with Gasteiger partial charge in [0, 0.05) is 6.42 Å². The van der Waals surface area contributed by atoms with E-state index in [1.807, 2.05) is 24.3 Å². The Bertz CT molecular complexity index is 1080. The number of aryl methyl sites for hydroxylation is 1. The highest BCUT2D eigenvalue weighted by atomic mass is 16.5. The van der Waals surface area contributed by atoms with Crippen molar-refractivity contribution >= 4 is 34.3 Å². The van der Waals surface area contributed by atoms with Crippen molar-refractivity contribution in [1.82, 2.24) is 0 Å². The maximum atomic E-state index is 12.2. The molecule has 7 nitrogen and oxygen atoms in total. The molecule has 7 heteroatoms. The number of ether oxygens (including phenoxy) is 1. The van der Waals surface area contributed by atoms with Gasteiger partial charge in [-0.05, 0) is 47.0 Å². The molecule has 0 aliphatic rings. The lowest BCUT2D eigenvalue weighted by Crippen LogP contribution is -2.15. The molecule has 3 rings (SSSR count). The van der Waals surface area contributed by atoms with Crippen LogP contribution in [0.4, 0.5) is 5.69 Å². The third kappa shape index (κ3) is 5.32. The van der Waals surface area contributed by atoms with Gasteiger partial charge >= 0.3 is 11.9 Å². The molecule has 0 atom stereocenters. The largest absolute Gasteiger partial charge is 0.482 e. The quantitative estimate of drug-likeness (QED) is 0.539. The topological polar surface area (TPSA) is 113 Å². The summed E-state index contributed by atoms with van der Waals surface area (Å²) in [5.41, 5.74) is 1.28. The van der Waals surface area contributed by atoms with Crippen LogP contribution in [0.2, 0.25) is 0 Å². The van der Waals surface area contributed by atoms with Crippen molar-refractivity contribution in [3.05, 3.63) is 71.8 Å². The highest BCUT2D eigenvalue weighted by Crippen LogP contribution is 2.23. The predicted molar refractivity (Wildman–Crippen MR) is 107 cm³/mol. The van der Waals surface area contributed by atoms with E-state index in [0.717, 1.165) is 16.3 Å². The van der Waals surface area contributed by atoms with E-state index in [1.165, 1.54) is 6.07 Å². The van der Waals surface area contributed by atoms with Crippen LogP contribution in [0.15, 0.2) is 60.7 Å². The summed E-state index contributed by atoms with van der Waals surface area (Å²) < 4.78 is 5.17. The fourth-order valence-electron chi connectivity index (χ4n) is 2.91. The monoisotopic (exact) mass is 393 g/mol. The molecule has 0 fully saturated rings. The van der Waals surface area contributed by atoms with Gasteiger partial charge in [0.2, 0.25) is 5.91 Å². The number of hydrogen-bond donors (Lipinski definition) is 3.